The fourth-order valence-corrected chi connectivity index (χ4v) is 4.32. The van der Waals surface area contributed by atoms with Crippen molar-refractivity contribution in [3.63, 3.8) is 0 Å². The van der Waals surface area contributed by atoms with E-state index in [1.807, 2.05) is 72.7 Å². The van der Waals surface area contributed by atoms with Crippen LogP contribution in [0.15, 0.2) is 71.5 Å². The molecule has 1 N–H and O–H groups in total. The number of aromatic nitrogens is 2. The molecule has 0 unspecified atom stereocenters. The molecule has 0 bridgehead atoms. The summed E-state index contributed by atoms with van der Waals surface area (Å²) in [5.74, 6) is -0.272. The number of rotatable bonds is 6. The zero-order chi connectivity index (χ0) is 21.3. The predicted octanol–water partition coefficient (Wildman–Crippen LogP) is 3.49. The van der Waals surface area contributed by atoms with Gasteiger partial charge in [-0.25, -0.2) is 14.4 Å². The van der Waals surface area contributed by atoms with Gasteiger partial charge in [-0.2, -0.15) is 5.10 Å². The van der Waals surface area contributed by atoms with Gasteiger partial charge in [-0.05, 0) is 32.2 Å². The van der Waals surface area contributed by atoms with Gasteiger partial charge in [-0.3, -0.25) is 9.69 Å². The van der Waals surface area contributed by atoms with Crippen LogP contribution in [0, 0.1) is 0 Å². The predicted molar refractivity (Wildman–Crippen MR) is 117 cm³/mol. The van der Waals surface area contributed by atoms with E-state index in [-0.39, 0.29) is 12.6 Å². The van der Waals surface area contributed by atoms with Crippen molar-refractivity contribution in [2.24, 2.45) is 0 Å². The van der Waals surface area contributed by atoms with Crippen molar-refractivity contribution in [2.45, 2.75) is 19.0 Å². The van der Waals surface area contributed by atoms with Crippen molar-refractivity contribution in [3.05, 3.63) is 82.6 Å². The van der Waals surface area contributed by atoms with Gasteiger partial charge in [0.25, 0.3) is 5.91 Å². The van der Waals surface area contributed by atoms with E-state index in [0.29, 0.717) is 6.54 Å². The summed E-state index contributed by atoms with van der Waals surface area (Å²) in [6.07, 6.45) is 3.74. The molecule has 2 heterocycles. The van der Waals surface area contributed by atoms with E-state index >= 15 is 0 Å². The van der Waals surface area contributed by atoms with Crippen molar-refractivity contribution < 1.29 is 9.59 Å². The summed E-state index contributed by atoms with van der Waals surface area (Å²) in [7, 11) is 1.87. The Hall–Kier alpha value is -2.97. The van der Waals surface area contributed by atoms with E-state index in [9.17, 15) is 9.59 Å². The Bertz CT molecular complexity index is 1080. The summed E-state index contributed by atoms with van der Waals surface area (Å²) in [5, 5.41) is 7.25. The molecule has 3 aromatic rings. The van der Waals surface area contributed by atoms with E-state index < -0.39 is 11.6 Å². The number of imide groups is 1. The third-order valence-electron chi connectivity index (χ3n) is 5.18. The van der Waals surface area contributed by atoms with Crippen LogP contribution in [0.1, 0.15) is 18.1 Å². The zero-order valence-corrected chi connectivity index (χ0v) is 18.3. The molecule has 1 aromatic heterocycles. The Morgan fingerprint density at radius 3 is 2.53 bits per heavy atom. The largest absolute Gasteiger partial charge is 0.326 e. The molecular weight excluding hydrogens is 446 g/mol. The fourth-order valence-electron chi connectivity index (χ4n) is 3.64. The summed E-state index contributed by atoms with van der Waals surface area (Å²) in [4.78, 5) is 28.9. The number of halogens is 1. The minimum absolute atomic E-state index is 0.182. The molecule has 4 rings (SSSR count). The maximum atomic E-state index is 13.1. The van der Waals surface area contributed by atoms with Crippen LogP contribution < -0.4 is 5.32 Å². The SMILES string of the molecule is CN(Cc1cnn(-c2ccccc2)c1)CN1C(=O)N[C@](C)(c2ccccc2Br)C1=O. The molecule has 1 saturated heterocycles. The number of benzene rings is 2. The first-order valence-corrected chi connectivity index (χ1v) is 10.3. The first kappa shape index (κ1) is 20.3. The van der Waals surface area contributed by atoms with Gasteiger partial charge in [-0.1, -0.05) is 52.3 Å². The quantitative estimate of drug-likeness (QED) is 0.563. The highest BCUT2D eigenvalue weighted by molar-refractivity contribution is 9.10. The lowest BCUT2D eigenvalue weighted by Gasteiger charge is -2.25. The smallest absolute Gasteiger partial charge is 0.319 e. The lowest BCUT2D eigenvalue weighted by molar-refractivity contribution is -0.132. The highest BCUT2D eigenvalue weighted by atomic mass is 79.9. The van der Waals surface area contributed by atoms with Gasteiger partial charge in [0.1, 0.15) is 5.54 Å². The number of nitrogens with one attached hydrogen (secondary N) is 1. The number of carbonyl (C=O) groups is 2. The Morgan fingerprint density at radius 2 is 1.80 bits per heavy atom. The van der Waals surface area contributed by atoms with Gasteiger partial charge in [0, 0.05) is 28.3 Å². The van der Waals surface area contributed by atoms with Crippen LogP contribution in [0.4, 0.5) is 4.79 Å². The van der Waals surface area contributed by atoms with Crippen molar-refractivity contribution in [1.82, 2.24) is 24.9 Å². The molecule has 1 aliphatic rings. The second-order valence-corrected chi connectivity index (χ2v) is 8.41. The number of urea groups is 1. The molecule has 2 aromatic carbocycles. The number of hydrogen-bond acceptors (Lipinski definition) is 4. The van der Waals surface area contributed by atoms with Crippen molar-refractivity contribution in [1.29, 1.82) is 0 Å². The average molecular weight is 468 g/mol. The van der Waals surface area contributed by atoms with Crippen LogP contribution in [-0.2, 0) is 16.9 Å². The summed E-state index contributed by atoms with van der Waals surface area (Å²) < 4.78 is 2.59. The summed E-state index contributed by atoms with van der Waals surface area (Å²) in [6, 6.07) is 16.9. The topological polar surface area (TPSA) is 70.5 Å². The molecule has 0 saturated carbocycles. The number of hydrogen-bond donors (Lipinski definition) is 1. The van der Waals surface area contributed by atoms with E-state index in [2.05, 4.69) is 26.3 Å². The second-order valence-electron chi connectivity index (χ2n) is 7.55. The van der Waals surface area contributed by atoms with Gasteiger partial charge in [0.2, 0.25) is 0 Å². The van der Waals surface area contributed by atoms with Gasteiger partial charge < -0.3 is 5.32 Å². The van der Waals surface area contributed by atoms with Crippen LogP contribution >= 0.6 is 15.9 Å². The van der Waals surface area contributed by atoms with Crippen molar-refractivity contribution in [3.8, 4) is 5.69 Å². The van der Waals surface area contributed by atoms with E-state index in [1.165, 1.54) is 4.90 Å². The lowest BCUT2D eigenvalue weighted by Crippen LogP contribution is -2.43. The first-order valence-electron chi connectivity index (χ1n) is 9.55. The Labute approximate surface area is 183 Å². The first-order chi connectivity index (χ1) is 14.4. The summed E-state index contributed by atoms with van der Waals surface area (Å²) in [5.41, 5.74) is 1.60. The van der Waals surface area contributed by atoms with Crippen LogP contribution in [0.3, 0.4) is 0 Å². The van der Waals surface area contributed by atoms with Crippen LogP contribution in [-0.4, -0.2) is 45.2 Å². The average Bonchev–Trinajstić information content (AvgIpc) is 3.28. The Balaban J connectivity index is 1.45. The minimum Gasteiger partial charge on any atom is -0.319 e. The standard InChI is InChI=1S/C22H22BrN5O2/c1-22(18-10-6-7-11-19(18)23)20(29)27(21(30)25-22)15-26(2)13-16-12-24-28(14-16)17-8-4-3-5-9-17/h3-12,14H,13,15H2,1-2H3,(H,25,30)/t22-/m1/s1. The molecule has 7 nitrogen and oxygen atoms in total. The maximum Gasteiger partial charge on any atom is 0.326 e. The molecule has 8 heteroatoms. The highest BCUT2D eigenvalue weighted by Gasteiger charge is 2.49. The van der Waals surface area contributed by atoms with E-state index in [1.54, 1.807) is 17.8 Å². The molecule has 30 heavy (non-hydrogen) atoms. The molecule has 154 valence electrons. The maximum absolute atomic E-state index is 13.1. The Morgan fingerprint density at radius 1 is 1.10 bits per heavy atom. The summed E-state index contributed by atoms with van der Waals surface area (Å²) >= 11 is 3.48. The van der Waals surface area contributed by atoms with Gasteiger partial charge in [-0.15, -0.1) is 0 Å². The Kier molecular flexibility index (Phi) is 5.44. The van der Waals surface area contributed by atoms with E-state index in [4.69, 9.17) is 0 Å². The highest BCUT2D eigenvalue weighted by Crippen LogP contribution is 2.33. The molecule has 0 spiro atoms. The van der Waals surface area contributed by atoms with Crippen LogP contribution in [0.2, 0.25) is 0 Å². The number of carbonyl (C=O) groups excluding carboxylic acids is 2. The number of para-hydroxylation sites is 1. The zero-order valence-electron chi connectivity index (χ0n) is 16.7. The normalized spacial score (nSPS) is 18.9. The van der Waals surface area contributed by atoms with Gasteiger partial charge >= 0.3 is 6.03 Å². The van der Waals surface area contributed by atoms with Crippen LogP contribution in [0.5, 0.6) is 0 Å². The minimum atomic E-state index is -1.10. The summed E-state index contributed by atoms with van der Waals surface area (Å²) in [6.45, 7) is 2.47. The van der Waals surface area contributed by atoms with Gasteiger partial charge in [0.15, 0.2) is 0 Å². The van der Waals surface area contributed by atoms with E-state index in [0.717, 1.165) is 21.3 Å². The number of amides is 3. The molecule has 1 atom stereocenters. The monoisotopic (exact) mass is 467 g/mol. The van der Waals surface area contributed by atoms with Crippen molar-refractivity contribution >= 4 is 27.9 Å². The number of nitrogens with zero attached hydrogens (tertiary/aromatic N) is 4. The molecule has 3 amide bonds. The van der Waals surface area contributed by atoms with Gasteiger partial charge in [0.05, 0.1) is 18.6 Å². The third kappa shape index (κ3) is 3.76. The molecule has 0 aliphatic carbocycles. The second kappa shape index (κ2) is 8.04. The van der Waals surface area contributed by atoms with Crippen LogP contribution in [0.25, 0.3) is 5.69 Å². The fraction of sp³-hybridized carbons (Fsp3) is 0.227. The molecule has 1 fully saturated rings. The molecule has 1 aliphatic heterocycles. The molecular formula is C22H22BrN5O2. The third-order valence-corrected chi connectivity index (χ3v) is 5.87. The van der Waals surface area contributed by atoms with Crippen molar-refractivity contribution in [2.75, 3.05) is 13.7 Å². The lowest BCUT2D eigenvalue weighted by atomic mass is 9.92. The molecule has 0 radical (unpaired) electrons.